The Labute approximate surface area is 117 Å². The van der Waals surface area contributed by atoms with Crippen molar-refractivity contribution >= 4 is 33.3 Å². The summed E-state index contributed by atoms with van der Waals surface area (Å²) < 4.78 is 5.73. The van der Waals surface area contributed by atoms with Crippen molar-refractivity contribution < 1.29 is 9.53 Å². The van der Waals surface area contributed by atoms with E-state index < -0.39 is 0 Å². The topological polar surface area (TPSA) is 52.1 Å². The van der Waals surface area contributed by atoms with E-state index in [0.29, 0.717) is 10.6 Å². The molecule has 4 nitrogen and oxygen atoms in total. The SMILES string of the molecule is COc1nccnc1C(=O)c1cc(Cl)cc(Br)c1. The van der Waals surface area contributed by atoms with E-state index in [-0.39, 0.29) is 17.4 Å². The summed E-state index contributed by atoms with van der Waals surface area (Å²) in [6.45, 7) is 0. The van der Waals surface area contributed by atoms with Crippen LogP contribution in [-0.4, -0.2) is 22.9 Å². The summed E-state index contributed by atoms with van der Waals surface area (Å²) in [5, 5.41) is 0.468. The molecule has 18 heavy (non-hydrogen) atoms. The average molecular weight is 328 g/mol. The Morgan fingerprint density at radius 2 is 2.00 bits per heavy atom. The van der Waals surface area contributed by atoms with Crippen molar-refractivity contribution in [2.75, 3.05) is 7.11 Å². The lowest BCUT2D eigenvalue weighted by atomic mass is 10.1. The summed E-state index contributed by atoms with van der Waals surface area (Å²) in [5.74, 6) is -0.0956. The maximum absolute atomic E-state index is 12.3. The number of hydrogen-bond donors (Lipinski definition) is 0. The fraction of sp³-hybridized carbons (Fsp3) is 0.0833. The summed E-state index contributed by atoms with van der Waals surface area (Å²) in [5.41, 5.74) is 0.586. The zero-order valence-corrected chi connectivity index (χ0v) is 11.7. The summed E-state index contributed by atoms with van der Waals surface area (Å²) >= 11 is 9.19. The van der Waals surface area contributed by atoms with Gasteiger partial charge in [0.2, 0.25) is 11.7 Å². The normalized spacial score (nSPS) is 10.2. The fourth-order valence-electron chi connectivity index (χ4n) is 1.45. The van der Waals surface area contributed by atoms with Gasteiger partial charge in [0.25, 0.3) is 0 Å². The number of ether oxygens (including phenoxy) is 1. The van der Waals surface area contributed by atoms with Gasteiger partial charge in [-0.15, -0.1) is 0 Å². The molecule has 1 heterocycles. The van der Waals surface area contributed by atoms with Crippen molar-refractivity contribution in [1.82, 2.24) is 9.97 Å². The van der Waals surface area contributed by atoms with E-state index in [9.17, 15) is 4.79 Å². The first-order valence-corrected chi connectivity index (χ1v) is 6.14. The number of carbonyl (C=O) groups is 1. The molecule has 0 radical (unpaired) electrons. The molecule has 0 fully saturated rings. The van der Waals surface area contributed by atoms with Gasteiger partial charge in [0, 0.05) is 27.5 Å². The summed E-state index contributed by atoms with van der Waals surface area (Å²) in [6, 6.07) is 4.94. The van der Waals surface area contributed by atoms with Crippen LogP contribution in [0.4, 0.5) is 0 Å². The van der Waals surface area contributed by atoms with E-state index in [4.69, 9.17) is 16.3 Å². The molecule has 0 unspecified atom stereocenters. The van der Waals surface area contributed by atoms with Crippen LogP contribution >= 0.6 is 27.5 Å². The Kier molecular flexibility index (Phi) is 3.93. The molecule has 1 aromatic heterocycles. The van der Waals surface area contributed by atoms with Crippen LogP contribution in [-0.2, 0) is 0 Å². The Morgan fingerprint density at radius 1 is 1.28 bits per heavy atom. The largest absolute Gasteiger partial charge is 0.479 e. The molecule has 0 saturated carbocycles. The van der Waals surface area contributed by atoms with E-state index in [1.165, 1.54) is 19.5 Å². The van der Waals surface area contributed by atoms with Crippen LogP contribution in [0.1, 0.15) is 16.1 Å². The van der Waals surface area contributed by atoms with Crippen LogP contribution in [0.5, 0.6) is 5.88 Å². The molecule has 0 bridgehead atoms. The van der Waals surface area contributed by atoms with Gasteiger partial charge >= 0.3 is 0 Å². The predicted octanol–water partition coefficient (Wildman–Crippen LogP) is 3.13. The van der Waals surface area contributed by atoms with Crippen LogP contribution in [0, 0.1) is 0 Å². The van der Waals surface area contributed by atoms with Crippen LogP contribution in [0.3, 0.4) is 0 Å². The molecule has 0 amide bonds. The molecular formula is C12H8BrClN2O2. The van der Waals surface area contributed by atoms with Crippen molar-refractivity contribution in [3.05, 3.63) is 51.3 Å². The van der Waals surface area contributed by atoms with Crippen LogP contribution in [0.25, 0.3) is 0 Å². The number of carbonyl (C=O) groups excluding carboxylic acids is 1. The van der Waals surface area contributed by atoms with Gasteiger partial charge in [0.15, 0.2) is 5.69 Å². The van der Waals surface area contributed by atoms with Crippen molar-refractivity contribution in [3.63, 3.8) is 0 Å². The highest BCUT2D eigenvalue weighted by Crippen LogP contribution is 2.23. The van der Waals surface area contributed by atoms with Crippen LogP contribution < -0.4 is 4.74 Å². The highest BCUT2D eigenvalue weighted by molar-refractivity contribution is 9.10. The lowest BCUT2D eigenvalue weighted by Crippen LogP contribution is -2.07. The summed E-state index contributed by atoms with van der Waals surface area (Å²) in [6.07, 6.45) is 2.90. The Balaban J connectivity index is 2.47. The highest BCUT2D eigenvalue weighted by Gasteiger charge is 2.17. The molecule has 2 rings (SSSR count). The highest BCUT2D eigenvalue weighted by atomic mass is 79.9. The average Bonchev–Trinajstić information content (AvgIpc) is 2.36. The molecule has 1 aromatic carbocycles. The number of halogens is 2. The standard InChI is InChI=1S/C12H8BrClN2O2/c1-18-12-10(15-2-3-16-12)11(17)7-4-8(13)6-9(14)5-7/h2-6H,1H3. The van der Waals surface area contributed by atoms with Gasteiger partial charge in [-0.2, -0.15) is 0 Å². The van der Waals surface area contributed by atoms with Crippen LogP contribution in [0.2, 0.25) is 5.02 Å². The fourth-order valence-corrected chi connectivity index (χ4v) is 2.31. The Bertz CT molecular complexity index is 584. The van der Waals surface area contributed by atoms with Gasteiger partial charge in [-0.1, -0.05) is 27.5 Å². The number of rotatable bonds is 3. The molecule has 0 aliphatic carbocycles. The summed E-state index contributed by atoms with van der Waals surface area (Å²) in [4.78, 5) is 20.2. The maximum atomic E-state index is 12.3. The third-order valence-electron chi connectivity index (χ3n) is 2.20. The Morgan fingerprint density at radius 3 is 2.67 bits per heavy atom. The smallest absolute Gasteiger partial charge is 0.243 e. The van der Waals surface area contributed by atoms with Gasteiger partial charge in [-0.25, -0.2) is 9.97 Å². The third kappa shape index (κ3) is 2.68. The minimum Gasteiger partial charge on any atom is -0.479 e. The molecule has 0 saturated heterocycles. The second-order valence-electron chi connectivity index (χ2n) is 3.40. The molecule has 6 heteroatoms. The zero-order valence-electron chi connectivity index (χ0n) is 9.35. The van der Waals surface area contributed by atoms with Gasteiger partial charge in [0.1, 0.15) is 0 Å². The predicted molar refractivity (Wildman–Crippen MR) is 71.2 cm³/mol. The van der Waals surface area contributed by atoms with Gasteiger partial charge in [-0.3, -0.25) is 4.79 Å². The van der Waals surface area contributed by atoms with Crippen molar-refractivity contribution in [2.24, 2.45) is 0 Å². The quantitative estimate of drug-likeness (QED) is 0.813. The van der Waals surface area contributed by atoms with E-state index >= 15 is 0 Å². The lowest BCUT2D eigenvalue weighted by Gasteiger charge is -2.05. The van der Waals surface area contributed by atoms with Crippen LogP contribution in [0.15, 0.2) is 35.1 Å². The second kappa shape index (κ2) is 5.46. The molecule has 0 atom stereocenters. The molecule has 2 aromatic rings. The zero-order chi connectivity index (χ0) is 13.1. The first kappa shape index (κ1) is 13.0. The minimum atomic E-state index is -0.289. The van der Waals surface area contributed by atoms with Gasteiger partial charge in [0.05, 0.1) is 7.11 Å². The number of aromatic nitrogens is 2. The first-order chi connectivity index (χ1) is 8.61. The summed E-state index contributed by atoms with van der Waals surface area (Å²) in [7, 11) is 1.44. The maximum Gasteiger partial charge on any atom is 0.243 e. The number of nitrogens with zero attached hydrogens (tertiary/aromatic N) is 2. The molecule has 0 aliphatic rings. The van der Waals surface area contributed by atoms with Crippen molar-refractivity contribution in [3.8, 4) is 5.88 Å². The number of ketones is 1. The number of benzene rings is 1. The molecule has 92 valence electrons. The molecule has 0 aliphatic heterocycles. The molecule has 0 N–H and O–H groups in total. The van der Waals surface area contributed by atoms with Gasteiger partial charge < -0.3 is 4.74 Å². The van der Waals surface area contributed by atoms with E-state index in [2.05, 4.69) is 25.9 Å². The molecular weight excluding hydrogens is 320 g/mol. The van der Waals surface area contributed by atoms with E-state index in [0.717, 1.165) is 4.47 Å². The number of methoxy groups -OCH3 is 1. The van der Waals surface area contributed by atoms with Crippen molar-refractivity contribution in [2.45, 2.75) is 0 Å². The monoisotopic (exact) mass is 326 g/mol. The minimum absolute atomic E-state index is 0.161. The van der Waals surface area contributed by atoms with E-state index in [1.807, 2.05) is 0 Å². The van der Waals surface area contributed by atoms with Crippen molar-refractivity contribution in [1.29, 1.82) is 0 Å². The first-order valence-electron chi connectivity index (χ1n) is 4.97. The van der Waals surface area contributed by atoms with Gasteiger partial charge in [-0.05, 0) is 18.2 Å². The van der Waals surface area contributed by atoms with E-state index in [1.54, 1.807) is 18.2 Å². The lowest BCUT2D eigenvalue weighted by molar-refractivity contribution is 0.103. The third-order valence-corrected chi connectivity index (χ3v) is 2.87. The number of hydrogen-bond acceptors (Lipinski definition) is 4. The second-order valence-corrected chi connectivity index (χ2v) is 4.75. The molecule has 0 spiro atoms. The Hall–Kier alpha value is -1.46.